The molecule has 0 aliphatic carbocycles. The van der Waals surface area contributed by atoms with Gasteiger partial charge in [-0.1, -0.05) is 291 Å². The summed E-state index contributed by atoms with van der Waals surface area (Å²) in [6, 6.07) is 0. The van der Waals surface area contributed by atoms with Gasteiger partial charge in [-0.3, -0.25) is 37.3 Å². The molecule has 2 unspecified atom stereocenters. The second kappa shape index (κ2) is 76.9. The number of phosphoric ester groups is 2. The first kappa shape index (κ1) is 99.7. The van der Waals surface area contributed by atoms with Crippen molar-refractivity contribution in [1.29, 1.82) is 0 Å². The van der Waals surface area contributed by atoms with Crippen LogP contribution in [0.5, 0.6) is 0 Å². The summed E-state index contributed by atoms with van der Waals surface area (Å²) in [5.41, 5.74) is 0. The van der Waals surface area contributed by atoms with Gasteiger partial charge in [-0.15, -0.1) is 0 Å². The van der Waals surface area contributed by atoms with E-state index in [1.807, 2.05) is 18.2 Å². The first-order valence-corrected chi connectivity index (χ1v) is 44.1. The minimum atomic E-state index is -5.00. The number of aliphatic hydroxyl groups excluding tert-OH is 1. The van der Waals surface area contributed by atoms with Gasteiger partial charge in [0.1, 0.15) is 19.3 Å². The van der Waals surface area contributed by atoms with Crippen LogP contribution < -0.4 is 0 Å². The van der Waals surface area contributed by atoms with Crippen LogP contribution in [-0.4, -0.2) is 96.7 Å². The average molecular weight is 1500 g/mol. The van der Waals surface area contributed by atoms with E-state index >= 15 is 0 Å². The van der Waals surface area contributed by atoms with E-state index in [0.717, 1.165) is 148 Å². The molecule has 0 aromatic carbocycles. The van der Waals surface area contributed by atoms with E-state index in [1.54, 1.807) is 0 Å². The van der Waals surface area contributed by atoms with Crippen molar-refractivity contribution in [2.45, 2.75) is 367 Å². The van der Waals surface area contributed by atoms with Crippen LogP contribution in [0.25, 0.3) is 0 Å². The summed E-state index contributed by atoms with van der Waals surface area (Å²) >= 11 is 0. The Morgan fingerprint density at radius 2 is 0.519 bits per heavy atom. The van der Waals surface area contributed by atoms with Crippen LogP contribution in [0.3, 0.4) is 0 Å². The second-order valence-electron chi connectivity index (χ2n) is 27.3. The summed E-state index contributed by atoms with van der Waals surface area (Å²) in [5, 5.41) is 10.6. The fourth-order valence-electron chi connectivity index (χ4n) is 10.9. The maximum absolute atomic E-state index is 13.1. The van der Waals surface area contributed by atoms with Crippen LogP contribution in [0.2, 0.25) is 0 Å². The second-order valence-corrected chi connectivity index (χ2v) is 30.2. The van der Waals surface area contributed by atoms with Gasteiger partial charge in [0.05, 0.1) is 26.4 Å². The van der Waals surface area contributed by atoms with Crippen molar-refractivity contribution in [3.05, 3.63) is 109 Å². The quantitative estimate of drug-likeness (QED) is 0.0169. The minimum Gasteiger partial charge on any atom is -0.462 e. The van der Waals surface area contributed by atoms with Gasteiger partial charge in [-0.05, 0) is 141 Å². The maximum Gasteiger partial charge on any atom is 0.472 e. The molecule has 3 N–H and O–H groups in total. The Morgan fingerprint density at radius 3 is 0.827 bits per heavy atom. The number of esters is 4. The summed E-state index contributed by atoms with van der Waals surface area (Å²) in [5.74, 6) is -2.29. The largest absolute Gasteiger partial charge is 0.472 e. The van der Waals surface area contributed by atoms with E-state index in [1.165, 1.54) is 116 Å². The molecule has 0 spiro atoms. The molecule has 0 radical (unpaired) electrons. The molecule has 0 fully saturated rings. The molecule has 0 rings (SSSR count). The number of hydrogen-bond donors (Lipinski definition) is 3. The van der Waals surface area contributed by atoms with Crippen molar-refractivity contribution in [2.24, 2.45) is 0 Å². The van der Waals surface area contributed by atoms with Crippen molar-refractivity contribution in [3.63, 3.8) is 0 Å². The standard InChI is InChI=1S/C85H148O17P2/c1-5-9-13-17-21-25-29-33-37-38-39-40-44-48-52-56-60-64-68-72-85(90)102-81(76-96-83(88)70-66-62-58-54-50-46-42-35-31-27-23-19-15-11-7-3)78-100-104(93,94)98-74-79(86)73-97-103(91,92)99-77-80(101-84(89)71-67-63-59-55-51-47-43-36-32-28-24-20-16-12-8-4)75-95-82(87)69-65-61-57-53-49-45-41-34-30-26-22-18-14-10-6-2/h9,13,21,25,33-37,39-43,48,52,60,64,79-81,86H,5-8,10-12,14-20,22-24,26-32,38,44-47,49-51,53-59,61-63,65-78H2,1-4H3,(H,91,92)(H,93,94)/b13-9-,25-21-,37-33-,40-39-,41-34-,42-35-,43-36-,52-48-,64-60-/t79-,80+,81+/m0/s1. The molecule has 19 heteroatoms. The monoisotopic (exact) mass is 1500 g/mol. The molecule has 0 aromatic heterocycles. The Bertz CT molecular complexity index is 2390. The van der Waals surface area contributed by atoms with Gasteiger partial charge < -0.3 is 33.8 Å². The van der Waals surface area contributed by atoms with Gasteiger partial charge in [0.25, 0.3) is 0 Å². The molecule has 0 bridgehead atoms. The van der Waals surface area contributed by atoms with Gasteiger partial charge in [0.2, 0.25) is 0 Å². The number of hydrogen-bond acceptors (Lipinski definition) is 15. The van der Waals surface area contributed by atoms with E-state index in [4.69, 9.17) is 37.0 Å². The number of ether oxygens (including phenoxy) is 4. The Kier molecular flexibility index (Phi) is 73.7. The first-order valence-electron chi connectivity index (χ1n) is 41.1. The van der Waals surface area contributed by atoms with Gasteiger partial charge >= 0.3 is 39.5 Å². The molecule has 0 heterocycles. The van der Waals surface area contributed by atoms with Gasteiger partial charge in [-0.2, -0.15) is 0 Å². The van der Waals surface area contributed by atoms with Crippen LogP contribution in [-0.2, 0) is 65.4 Å². The molecule has 0 amide bonds. The SMILES string of the molecule is CC/C=C\C/C=C\C/C=C\C/C=C\C/C=C\C/C=C\CCC(=O)O[C@H](COC(=O)CCCCCCC/C=C\CCCCCCCC)COP(=O)(O)OC[C@@H](O)COP(=O)(O)OC[C@@H](COC(=O)CCCCCCC/C=C\CCCCCCCC)OC(=O)CCCCCCC/C=C\CCCCCCCC. The zero-order chi connectivity index (χ0) is 76.0. The zero-order valence-electron chi connectivity index (χ0n) is 65.7. The summed E-state index contributed by atoms with van der Waals surface area (Å²) in [4.78, 5) is 73.0. The van der Waals surface area contributed by atoms with Crippen molar-refractivity contribution < 1.29 is 80.2 Å². The molecule has 0 aliphatic heterocycles. The normalized spacial score (nSPS) is 14.4. The van der Waals surface area contributed by atoms with Crippen LogP contribution in [0, 0.1) is 0 Å². The van der Waals surface area contributed by atoms with Gasteiger partial charge in [0.15, 0.2) is 12.2 Å². The number of carbonyl (C=O) groups is 4. The number of unbranched alkanes of at least 4 members (excludes halogenated alkanes) is 33. The van der Waals surface area contributed by atoms with E-state index in [0.29, 0.717) is 32.1 Å². The summed E-state index contributed by atoms with van der Waals surface area (Å²) < 4.78 is 68.6. The van der Waals surface area contributed by atoms with E-state index < -0.39 is 97.5 Å². The molecule has 17 nitrogen and oxygen atoms in total. The number of aliphatic hydroxyl groups is 1. The van der Waals surface area contributed by atoms with Crippen LogP contribution >= 0.6 is 15.6 Å². The van der Waals surface area contributed by atoms with E-state index in [9.17, 15) is 43.2 Å². The topological polar surface area (TPSA) is 237 Å². The predicted octanol–water partition coefficient (Wildman–Crippen LogP) is 24.1. The Labute approximate surface area is 632 Å². The number of rotatable bonds is 77. The van der Waals surface area contributed by atoms with Crippen molar-refractivity contribution in [2.75, 3.05) is 39.6 Å². The smallest absolute Gasteiger partial charge is 0.462 e. The van der Waals surface area contributed by atoms with Crippen LogP contribution in [0.4, 0.5) is 0 Å². The number of phosphoric acid groups is 2. The number of carbonyl (C=O) groups excluding carboxylic acids is 4. The minimum absolute atomic E-state index is 0.0326. The molecule has 0 aliphatic rings. The predicted molar refractivity (Wildman–Crippen MR) is 427 cm³/mol. The van der Waals surface area contributed by atoms with E-state index in [2.05, 4.69) is 119 Å². The lowest BCUT2D eigenvalue weighted by molar-refractivity contribution is -0.161. The third kappa shape index (κ3) is 75.9. The maximum atomic E-state index is 13.1. The van der Waals surface area contributed by atoms with E-state index in [-0.39, 0.29) is 25.7 Å². The number of allylic oxidation sites excluding steroid dienone is 18. The fourth-order valence-corrected chi connectivity index (χ4v) is 12.5. The van der Waals surface area contributed by atoms with Gasteiger partial charge in [0, 0.05) is 25.7 Å². The van der Waals surface area contributed by atoms with Crippen molar-refractivity contribution >= 4 is 39.5 Å². The van der Waals surface area contributed by atoms with Crippen LogP contribution in [0.1, 0.15) is 349 Å². The molecule has 0 saturated carbocycles. The Morgan fingerprint density at radius 1 is 0.279 bits per heavy atom. The fraction of sp³-hybridized carbons (Fsp3) is 0.741. The summed E-state index contributed by atoms with van der Waals surface area (Å²) in [6.07, 6.45) is 83.6. The zero-order valence-corrected chi connectivity index (χ0v) is 67.5. The molecule has 0 aromatic rings. The first-order chi connectivity index (χ1) is 50.7. The highest BCUT2D eigenvalue weighted by atomic mass is 31.2. The molecular weight excluding hydrogens is 1350 g/mol. The molecule has 0 saturated heterocycles. The van der Waals surface area contributed by atoms with Crippen molar-refractivity contribution in [1.82, 2.24) is 0 Å². The van der Waals surface area contributed by atoms with Gasteiger partial charge in [-0.25, -0.2) is 9.13 Å². The highest BCUT2D eigenvalue weighted by molar-refractivity contribution is 7.47. The third-order valence-electron chi connectivity index (χ3n) is 17.2. The Balaban J connectivity index is 5.44. The Hall–Kier alpha value is -4.28. The summed E-state index contributed by atoms with van der Waals surface area (Å²) in [6.45, 7) is 4.67. The molecule has 600 valence electrons. The van der Waals surface area contributed by atoms with Crippen LogP contribution in [0.15, 0.2) is 109 Å². The lowest BCUT2D eigenvalue weighted by Gasteiger charge is -2.21. The lowest BCUT2D eigenvalue weighted by Crippen LogP contribution is -2.30. The molecular formula is C85H148O17P2. The molecule has 104 heavy (non-hydrogen) atoms. The highest BCUT2D eigenvalue weighted by Gasteiger charge is 2.30. The molecule has 5 atom stereocenters. The average Bonchev–Trinajstić information content (AvgIpc) is 0.943. The third-order valence-corrected chi connectivity index (χ3v) is 19.1. The lowest BCUT2D eigenvalue weighted by atomic mass is 10.1. The summed E-state index contributed by atoms with van der Waals surface area (Å²) in [7, 11) is -9.99. The van der Waals surface area contributed by atoms with Crippen molar-refractivity contribution in [3.8, 4) is 0 Å². The highest BCUT2D eigenvalue weighted by Crippen LogP contribution is 2.45.